The minimum Gasteiger partial charge on any atom is -0.267 e. The Labute approximate surface area is 84.3 Å². The monoisotopic (exact) mass is 222 g/mol. The van der Waals surface area contributed by atoms with E-state index in [1.807, 2.05) is 0 Å². The third kappa shape index (κ3) is 3.34. The molecule has 0 aliphatic rings. The van der Waals surface area contributed by atoms with Crippen LogP contribution in [0.2, 0.25) is 0 Å². The van der Waals surface area contributed by atoms with Gasteiger partial charge in [0.15, 0.2) is 0 Å². The third-order valence-corrected chi connectivity index (χ3v) is 2.70. The van der Waals surface area contributed by atoms with Gasteiger partial charge in [-0.05, 0) is 19.1 Å². The van der Waals surface area contributed by atoms with Crippen molar-refractivity contribution < 1.29 is 12.6 Å². The van der Waals surface area contributed by atoms with Gasteiger partial charge in [0.1, 0.15) is 0 Å². The molecule has 0 N–H and O–H groups in total. The summed E-state index contributed by atoms with van der Waals surface area (Å²) >= 11 is 0. The quantitative estimate of drug-likeness (QED) is 0.733. The molecule has 0 unspecified atom stereocenters. The lowest BCUT2D eigenvalue weighted by molar-refractivity contribution is 0.338. The largest absolute Gasteiger partial charge is 0.296 e. The SMILES string of the molecule is CCOS(=O)(=O)c1ccccc1.Cl. The van der Waals surface area contributed by atoms with E-state index in [0.717, 1.165) is 0 Å². The van der Waals surface area contributed by atoms with Gasteiger partial charge in [-0.15, -0.1) is 12.4 Å². The highest BCUT2D eigenvalue weighted by Gasteiger charge is 2.11. The van der Waals surface area contributed by atoms with Crippen LogP contribution >= 0.6 is 12.4 Å². The zero-order valence-electron chi connectivity index (χ0n) is 7.14. The van der Waals surface area contributed by atoms with Crippen molar-refractivity contribution in [3.63, 3.8) is 0 Å². The molecule has 0 amide bonds. The molecule has 0 saturated carbocycles. The molecule has 0 spiro atoms. The summed E-state index contributed by atoms with van der Waals surface area (Å²) in [5.74, 6) is 0. The van der Waals surface area contributed by atoms with Crippen molar-refractivity contribution in [1.29, 1.82) is 0 Å². The topological polar surface area (TPSA) is 43.4 Å². The molecule has 3 nitrogen and oxygen atoms in total. The van der Waals surface area contributed by atoms with Gasteiger partial charge in [-0.1, -0.05) is 18.2 Å². The summed E-state index contributed by atoms with van der Waals surface area (Å²) in [6.45, 7) is 1.80. The summed E-state index contributed by atoms with van der Waals surface area (Å²) in [6.07, 6.45) is 0. The second-order valence-corrected chi connectivity index (χ2v) is 3.79. The fourth-order valence-corrected chi connectivity index (χ4v) is 1.75. The van der Waals surface area contributed by atoms with E-state index < -0.39 is 10.1 Å². The summed E-state index contributed by atoms with van der Waals surface area (Å²) < 4.78 is 27.0. The molecule has 0 saturated heterocycles. The van der Waals surface area contributed by atoms with Crippen molar-refractivity contribution in [1.82, 2.24) is 0 Å². The van der Waals surface area contributed by atoms with Gasteiger partial charge in [0.05, 0.1) is 11.5 Å². The first-order chi connectivity index (χ1) is 5.67. The minimum absolute atomic E-state index is 0. The van der Waals surface area contributed by atoms with Crippen molar-refractivity contribution in [2.45, 2.75) is 11.8 Å². The van der Waals surface area contributed by atoms with Crippen molar-refractivity contribution in [3.8, 4) is 0 Å². The number of halogens is 1. The molecule has 1 rings (SSSR count). The molecule has 1 aromatic rings. The van der Waals surface area contributed by atoms with Gasteiger partial charge < -0.3 is 0 Å². The van der Waals surface area contributed by atoms with Gasteiger partial charge in [-0.3, -0.25) is 4.18 Å². The normalized spacial score (nSPS) is 10.5. The number of hydrogen-bond acceptors (Lipinski definition) is 3. The van der Waals surface area contributed by atoms with Crippen LogP contribution in [0.4, 0.5) is 0 Å². The van der Waals surface area contributed by atoms with Gasteiger partial charge in [-0.25, -0.2) is 0 Å². The molecule has 0 bridgehead atoms. The highest BCUT2D eigenvalue weighted by atomic mass is 35.5. The van der Waals surface area contributed by atoms with Crippen LogP contribution in [0.5, 0.6) is 0 Å². The van der Waals surface area contributed by atoms with Crippen LogP contribution in [0.1, 0.15) is 6.92 Å². The van der Waals surface area contributed by atoms with Crippen LogP contribution < -0.4 is 0 Å². The van der Waals surface area contributed by atoms with E-state index in [1.165, 1.54) is 12.1 Å². The number of benzene rings is 1. The Morgan fingerprint density at radius 2 is 1.77 bits per heavy atom. The van der Waals surface area contributed by atoms with Crippen molar-refractivity contribution in [2.24, 2.45) is 0 Å². The lowest BCUT2D eigenvalue weighted by Crippen LogP contribution is -2.05. The predicted octanol–water partition coefficient (Wildman–Crippen LogP) is 1.83. The summed E-state index contributed by atoms with van der Waals surface area (Å²) in [4.78, 5) is 0.201. The second kappa shape index (κ2) is 5.21. The molecule has 0 atom stereocenters. The van der Waals surface area contributed by atoms with Crippen LogP contribution in [0, 0.1) is 0 Å². The fraction of sp³-hybridized carbons (Fsp3) is 0.250. The smallest absolute Gasteiger partial charge is 0.267 e. The molecule has 0 aliphatic carbocycles. The van der Waals surface area contributed by atoms with Crippen LogP contribution in [0.15, 0.2) is 35.2 Å². The van der Waals surface area contributed by atoms with E-state index in [4.69, 9.17) is 0 Å². The molecule has 0 fully saturated rings. The summed E-state index contributed by atoms with van der Waals surface area (Å²) in [5.41, 5.74) is 0. The highest BCUT2D eigenvalue weighted by Crippen LogP contribution is 2.10. The van der Waals surface area contributed by atoms with Gasteiger partial charge in [-0.2, -0.15) is 8.42 Å². The molecule has 74 valence electrons. The Balaban J connectivity index is 0.00000144. The van der Waals surface area contributed by atoms with E-state index in [2.05, 4.69) is 4.18 Å². The summed E-state index contributed by atoms with van der Waals surface area (Å²) in [7, 11) is -3.51. The molecule has 1 aromatic carbocycles. The van der Waals surface area contributed by atoms with Crippen LogP contribution in [0.3, 0.4) is 0 Å². The van der Waals surface area contributed by atoms with E-state index in [0.29, 0.717) is 0 Å². The molecule has 13 heavy (non-hydrogen) atoms. The summed E-state index contributed by atoms with van der Waals surface area (Å²) in [5, 5.41) is 0. The Kier molecular flexibility index (Phi) is 4.98. The van der Waals surface area contributed by atoms with Crippen molar-refractivity contribution in [2.75, 3.05) is 6.61 Å². The van der Waals surface area contributed by atoms with Gasteiger partial charge >= 0.3 is 0 Å². The zero-order chi connectivity index (χ0) is 9.03. The third-order valence-electron chi connectivity index (χ3n) is 1.30. The zero-order valence-corrected chi connectivity index (χ0v) is 8.77. The Morgan fingerprint density at radius 1 is 1.23 bits per heavy atom. The molecule has 0 aliphatic heterocycles. The molecule has 5 heteroatoms. The minimum atomic E-state index is -3.51. The lowest BCUT2D eigenvalue weighted by Gasteiger charge is -2.01. The standard InChI is InChI=1S/C8H10O3S.ClH/c1-2-11-12(9,10)8-6-4-3-5-7-8;/h3-7H,2H2,1H3;1H. The highest BCUT2D eigenvalue weighted by molar-refractivity contribution is 7.86. The molecular weight excluding hydrogens is 212 g/mol. The first kappa shape index (κ1) is 12.4. The number of hydrogen-bond donors (Lipinski definition) is 0. The predicted molar refractivity (Wildman–Crippen MR) is 52.5 cm³/mol. The Bertz CT molecular complexity index is 334. The average molecular weight is 223 g/mol. The fourth-order valence-electron chi connectivity index (χ4n) is 0.810. The molecular formula is C8H11ClO3S. The second-order valence-electron chi connectivity index (χ2n) is 2.17. The Hall–Kier alpha value is -0.580. The van der Waals surface area contributed by atoms with Crippen molar-refractivity contribution >= 4 is 22.5 Å². The van der Waals surface area contributed by atoms with Crippen molar-refractivity contribution in [3.05, 3.63) is 30.3 Å². The lowest BCUT2D eigenvalue weighted by atomic mass is 10.4. The number of rotatable bonds is 3. The summed E-state index contributed by atoms with van der Waals surface area (Å²) in [6, 6.07) is 8.08. The maximum atomic E-state index is 11.2. The maximum absolute atomic E-state index is 11.2. The van der Waals surface area contributed by atoms with Crippen LogP contribution in [-0.4, -0.2) is 15.0 Å². The molecule has 0 aromatic heterocycles. The van der Waals surface area contributed by atoms with E-state index in [-0.39, 0.29) is 23.9 Å². The van der Waals surface area contributed by atoms with E-state index in [1.54, 1.807) is 25.1 Å². The van der Waals surface area contributed by atoms with E-state index >= 15 is 0 Å². The van der Waals surface area contributed by atoms with Gasteiger partial charge in [0.25, 0.3) is 10.1 Å². The molecule has 0 heterocycles. The van der Waals surface area contributed by atoms with E-state index in [9.17, 15) is 8.42 Å². The van der Waals surface area contributed by atoms with Gasteiger partial charge in [0, 0.05) is 0 Å². The first-order valence-electron chi connectivity index (χ1n) is 3.61. The van der Waals surface area contributed by atoms with Crippen LogP contribution in [0.25, 0.3) is 0 Å². The maximum Gasteiger partial charge on any atom is 0.296 e. The Morgan fingerprint density at radius 3 is 2.23 bits per heavy atom. The van der Waals surface area contributed by atoms with Crippen LogP contribution in [-0.2, 0) is 14.3 Å². The first-order valence-corrected chi connectivity index (χ1v) is 5.02. The van der Waals surface area contributed by atoms with Gasteiger partial charge in [0.2, 0.25) is 0 Å². The molecule has 0 radical (unpaired) electrons. The average Bonchev–Trinajstić information content (AvgIpc) is 2.06.